The Morgan fingerprint density at radius 3 is 2.63 bits per heavy atom. The van der Waals surface area contributed by atoms with Gasteiger partial charge in [0.1, 0.15) is 6.54 Å². The number of carbonyl (C=O) groups is 1. The second-order valence-corrected chi connectivity index (χ2v) is 6.71. The zero-order valence-electron chi connectivity index (χ0n) is 15.0. The van der Waals surface area contributed by atoms with Gasteiger partial charge < -0.3 is 4.90 Å². The van der Waals surface area contributed by atoms with Crippen molar-refractivity contribution in [2.24, 2.45) is 0 Å². The maximum Gasteiger partial charge on any atom is 0.261 e. The van der Waals surface area contributed by atoms with Crippen molar-refractivity contribution in [3.8, 4) is 0 Å². The van der Waals surface area contributed by atoms with Gasteiger partial charge in [0.25, 0.3) is 5.56 Å². The standard InChI is InChI=1S/C20H21N5O2/c26-19(14-25-15-22-18-6-2-1-5-17(18)20(25)27)24-10-8-23(9-11-24)13-16-4-3-7-21-12-16/h1-7,12,15H,8-11,13-14H2. The van der Waals surface area contributed by atoms with Crippen molar-refractivity contribution in [2.45, 2.75) is 13.1 Å². The molecule has 27 heavy (non-hydrogen) atoms. The molecule has 0 saturated carbocycles. The molecule has 2 aromatic heterocycles. The number of para-hydroxylation sites is 1. The average molecular weight is 363 g/mol. The Morgan fingerprint density at radius 1 is 1.04 bits per heavy atom. The molecule has 0 spiro atoms. The Morgan fingerprint density at radius 2 is 1.85 bits per heavy atom. The van der Waals surface area contributed by atoms with Gasteiger partial charge in [-0.1, -0.05) is 18.2 Å². The number of hydrogen-bond acceptors (Lipinski definition) is 5. The molecule has 1 aliphatic rings. The number of nitrogens with zero attached hydrogens (tertiary/aromatic N) is 5. The zero-order valence-corrected chi connectivity index (χ0v) is 15.0. The van der Waals surface area contributed by atoms with Crippen molar-refractivity contribution in [3.63, 3.8) is 0 Å². The summed E-state index contributed by atoms with van der Waals surface area (Å²) in [5.74, 6) is -0.0461. The van der Waals surface area contributed by atoms with Gasteiger partial charge in [-0.3, -0.25) is 24.0 Å². The number of hydrogen-bond donors (Lipinski definition) is 0. The van der Waals surface area contributed by atoms with E-state index in [1.807, 2.05) is 23.2 Å². The average Bonchev–Trinajstić information content (AvgIpc) is 2.71. The van der Waals surface area contributed by atoms with Crippen LogP contribution < -0.4 is 5.56 Å². The van der Waals surface area contributed by atoms with Crippen LogP contribution in [0.5, 0.6) is 0 Å². The Labute approximate surface area is 156 Å². The van der Waals surface area contributed by atoms with E-state index in [2.05, 4.69) is 20.9 Å². The minimum atomic E-state index is -0.177. The van der Waals surface area contributed by atoms with Crippen molar-refractivity contribution in [2.75, 3.05) is 26.2 Å². The van der Waals surface area contributed by atoms with E-state index in [4.69, 9.17) is 0 Å². The molecule has 0 radical (unpaired) electrons. The molecular weight excluding hydrogens is 342 g/mol. The van der Waals surface area contributed by atoms with Gasteiger partial charge in [0.05, 0.1) is 17.2 Å². The third-order valence-corrected chi connectivity index (χ3v) is 4.89. The highest BCUT2D eigenvalue weighted by Gasteiger charge is 2.21. The highest BCUT2D eigenvalue weighted by Crippen LogP contribution is 2.09. The second-order valence-electron chi connectivity index (χ2n) is 6.71. The number of rotatable bonds is 4. The molecule has 138 valence electrons. The van der Waals surface area contributed by atoms with Gasteiger partial charge in [-0.15, -0.1) is 0 Å². The lowest BCUT2D eigenvalue weighted by Crippen LogP contribution is -2.49. The lowest BCUT2D eigenvalue weighted by molar-refractivity contribution is -0.133. The minimum absolute atomic E-state index is 0.0271. The highest BCUT2D eigenvalue weighted by atomic mass is 16.2. The summed E-state index contributed by atoms with van der Waals surface area (Å²) in [6.07, 6.45) is 5.10. The molecule has 1 aliphatic heterocycles. The van der Waals surface area contributed by atoms with E-state index in [0.717, 1.165) is 19.6 Å². The Bertz CT molecular complexity index is 994. The normalized spacial score (nSPS) is 15.2. The summed E-state index contributed by atoms with van der Waals surface area (Å²) in [7, 11) is 0. The van der Waals surface area contributed by atoms with Crippen LogP contribution in [-0.4, -0.2) is 56.4 Å². The van der Waals surface area contributed by atoms with Crippen molar-refractivity contribution in [3.05, 3.63) is 71.0 Å². The molecule has 1 aromatic carbocycles. The van der Waals surface area contributed by atoms with Crippen LogP contribution in [0, 0.1) is 0 Å². The third kappa shape index (κ3) is 3.88. The van der Waals surface area contributed by atoms with E-state index in [1.54, 1.807) is 24.4 Å². The number of piperazine rings is 1. The van der Waals surface area contributed by atoms with Crippen molar-refractivity contribution in [1.29, 1.82) is 0 Å². The lowest BCUT2D eigenvalue weighted by atomic mass is 10.2. The number of pyridine rings is 1. The first-order valence-electron chi connectivity index (χ1n) is 9.04. The molecule has 0 aliphatic carbocycles. The molecule has 0 N–H and O–H groups in total. The van der Waals surface area contributed by atoms with E-state index in [-0.39, 0.29) is 18.0 Å². The molecule has 1 fully saturated rings. The summed E-state index contributed by atoms with van der Waals surface area (Å²) in [5, 5.41) is 0.536. The molecule has 0 unspecified atom stereocenters. The third-order valence-electron chi connectivity index (χ3n) is 4.89. The summed E-state index contributed by atoms with van der Waals surface area (Å²) < 4.78 is 1.40. The largest absolute Gasteiger partial charge is 0.339 e. The molecule has 0 atom stereocenters. The number of aromatic nitrogens is 3. The molecule has 3 aromatic rings. The van der Waals surface area contributed by atoms with Gasteiger partial charge in [0.15, 0.2) is 0 Å². The molecule has 4 rings (SSSR count). The number of fused-ring (bicyclic) bond motifs is 1. The van der Waals surface area contributed by atoms with Crippen molar-refractivity contribution < 1.29 is 4.79 Å². The van der Waals surface area contributed by atoms with E-state index >= 15 is 0 Å². The second kappa shape index (κ2) is 7.67. The SMILES string of the molecule is O=C(Cn1cnc2ccccc2c1=O)N1CCN(Cc2cccnc2)CC1. The molecule has 7 nitrogen and oxygen atoms in total. The minimum Gasteiger partial charge on any atom is -0.339 e. The van der Waals surface area contributed by atoms with Crippen molar-refractivity contribution in [1.82, 2.24) is 24.3 Å². The van der Waals surface area contributed by atoms with Gasteiger partial charge in [-0.25, -0.2) is 4.98 Å². The fraction of sp³-hybridized carbons (Fsp3) is 0.300. The van der Waals surface area contributed by atoms with Gasteiger partial charge in [0.2, 0.25) is 5.91 Å². The van der Waals surface area contributed by atoms with Crippen LogP contribution in [0.2, 0.25) is 0 Å². The highest BCUT2D eigenvalue weighted by molar-refractivity contribution is 5.79. The van der Waals surface area contributed by atoms with Crippen LogP contribution in [0.1, 0.15) is 5.56 Å². The first-order valence-corrected chi connectivity index (χ1v) is 9.04. The van der Waals surface area contributed by atoms with E-state index < -0.39 is 0 Å². The first-order chi connectivity index (χ1) is 13.2. The van der Waals surface area contributed by atoms with Gasteiger partial charge >= 0.3 is 0 Å². The number of carbonyl (C=O) groups excluding carboxylic acids is 1. The molecule has 7 heteroatoms. The van der Waals surface area contributed by atoms with Crippen molar-refractivity contribution >= 4 is 16.8 Å². The smallest absolute Gasteiger partial charge is 0.261 e. The zero-order chi connectivity index (χ0) is 18.6. The fourth-order valence-electron chi connectivity index (χ4n) is 3.37. The van der Waals surface area contributed by atoms with Gasteiger partial charge in [-0.05, 0) is 23.8 Å². The maximum absolute atomic E-state index is 12.6. The van der Waals surface area contributed by atoms with Gasteiger partial charge in [-0.2, -0.15) is 0 Å². The predicted molar refractivity (Wildman–Crippen MR) is 102 cm³/mol. The van der Waals surface area contributed by atoms with Gasteiger partial charge in [0, 0.05) is 45.1 Å². The molecule has 1 amide bonds. The van der Waals surface area contributed by atoms with E-state index in [9.17, 15) is 9.59 Å². The molecule has 0 bridgehead atoms. The Hall–Kier alpha value is -3.06. The lowest BCUT2D eigenvalue weighted by Gasteiger charge is -2.34. The van der Waals surface area contributed by atoms with Crippen LogP contribution in [0.25, 0.3) is 10.9 Å². The summed E-state index contributed by atoms with van der Waals surface area (Å²) in [4.78, 5) is 37.7. The Balaban J connectivity index is 1.37. The summed E-state index contributed by atoms with van der Waals surface area (Å²) >= 11 is 0. The van der Waals surface area contributed by atoms with Crippen LogP contribution >= 0.6 is 0 Å². The molecule has 1 saturated heterocycles. The maximum atomic E-state index is 12.6. The summed E-state index contributed by atoms with van der Waals surface area (Å²) in [6.45, 7) is 3.81. The van der Waals surface area contributed by atoms with Crippen LogP contribution in [0.15, 0.2) is 59.9 Å². The topological polar surface area (TPSA) is 71.3 Å². The first kappa shape index (κ1) is 17.4. The monoisotopic (exact) mass is 363 g/mol. The Kier molecular flexibility index (Phi) is 4.93. The fourth-order valence-corrected chi connectivity index (χ4v) is 3.37. The van der Waals surface area contributed by atoms with Crippen LogP contribution in [-0.2, 0) is 17.9 Å². The van der Waals surface area contributed by atoms with E-state index in [1.165, 1.54) is 16.5 Å². The number of amides is 1. The predicted octanol–water partition coefficient (Wildman–Crippen LogP) is 1.14. The van der Waals surface area contributed by atoms with E-state index in [0.29, 0.717) is 24.0 Å². The van der Waals surface area contributed by atoms with Crippen LogP contribution in [0.4, 0.5) is 0 Å². The number of benzene rings is 1. The quantitative estimate of drug-likeness (QED) is 0.695. The summed E-state index contributed by atoms with van der Waals surface area (Å²) in [5.41, 5.74) is 1.64. The molecule has 3 heterocycles. The molecular formula is C20H21N5O2. The van der Waals surface area contributed by atoms with Crippen LogP contribution in [0.3, 0.4) is 0 Å². The summed E-state index contributed by atoms with van der Waals surface area (Å²) in [6, 6.07) is 11.2.